The van der Waals surface area contributed by atoms with E-state index in [0.717, 1.165) is 18.4 Å². The summed E-state index contributed by atoms with van der Waals surface area (Å²) in [5.74, 6) is -0.474. The Kier molecular flexibility index (Phi) is 2.45. The molecule has 1 heterocycles. The molecule has 0 amide bonds. The van der Waals surface area contributed by atoms with Gasteiger partial charge in [0.25, 0.3) is 6.01 Å². The third-order valence-electron chi connectivity index (χ3n) is 2.11. The van der Waals surface area contributed by atoms with Crippen molar-refractivity contribution >= 4 is 6.01 Å². The van der Waals surface area contributed by atoms with E-state index in [-0.39, 0.29) is 17.3 Å². The molecule has 0 saturated heterocycles. The molecule has 1 aromatic heterocycles. The van der Waals surface area contributed by atoms with E-state index in [1.165, 1.54) is 0 Å². The minimum Gasteiger partial charge on any atom is -0.508 e. The monoisotopic (exact) mass is 244 g/mol. The van der Waals surface area contributed by atoms with Gasteiger partial charge in [0.2, 0.25) is 0 Å². The van der Waals surface area contributed by atoms with Crippen LogP contribution in [0.15, 0.2) is 28.9 Å². The Hall–Kier alpha value is -2.18. The predicted octanol–water partition coefficient (Wildman–Crippen LogP) is 2.65. The largest absolute Gasteiger partial charge is 0.508 e. The van der Waals surface area contributed by atoms with Gasteiger partial charge in [0.05, 0.1) is 5.56 Å². The maximum Gasteiger partial charge on any atom is 0.417 e. The summed E-state index contributed by atoms with van der Waals surface area (Å²) >= 11 is 0. The molecule has 2 rings (SSSR count). The summed E-state index contributed by atoms with van der Waals surface area (Å²) in [5, 5.41) is 9.08. The van der Waals surface area contributed by atoms with Crippen molar-refractivity contribution in [1.82, 2.24) is 4.98 Å². The van der Waals surface area contributed by atoms with Gasteiger partial charge in [0.15, 0.2) is 0 Å². The number of oxazole rings is 1. The van der Waals surface area contributed by atoms with Crippen LogP contribution in [0.5, 0.6) is 5.75 Å². The lowest BCUT2D eigenvalue weighted by molar-refractivity contribution is -0.137. The molecule has 0 bridgehead atoms. The number of benzene rings is 1. The summed E-state index contributed by atoms with van der Waals surface area (Å²) in [5.41, 5.74) is 3.97. The quantitative estimate of drug-likeness (QED) is 0.808. The molecule has 90 valence electrons. The third kappa shape index (κ3) is 2.17. The van der Waals surface area contributed by atoms with E-state index in [0.29, 0.717) is 6.07 Å². The highest BCUT2D eigenvalue weighted by Gasteiger charge is 2.34. The number of aromatic hydroxyl groups is 1. The molecule has 0 fully saturated rings. The smallest absolute Gasteiger partial charge is 0.417 e. The fourth-order valence-corrected chi connectivity index (χ4v) is 1.40. The maximum absolute atomic E-state index is 12.7. The van der Waals surface area contributed by atoms with Crippen molar-refractivity contribution in [3.05, 3.63) is 30.0 Å². The second kappa shape index (κ2) is 3.69. The van der Waals surface area contributed by atoms with E-state index < -0.39 is 17.5 Å². The van der Waals surface area contributed by atoms with Crippen LogP contribution in [0.3, 0.4) is 0 Å². The van der Waals surface area contributed by atoms with Gasteiger partial charge in [-0.05, 0) is 18.2 Å². The third-order valence-corrected chi connectivity index (χ3v) is 2.11. The number of nitrogen functional groups attached to an aromatic ring is 1. The molecule has 0 spiro atoms. The molecule has 0 radical (unpaired) electrons. The molecule has 0 atom stereocenters. The topological polar surface area (TPSA) is 72.3 Å². The number of alkyl halides is 3. The number of halogens is 3. The number of nitrogens with zero attached hydrogens (tertiary/aromatic N) is 1. The van der Waals surface area contributed by atoms with E-state index >= 15 is 0 Å². The lowest BCUT2D eigenvalue weighted by Gasteiger charge is -2.11. The molecule has 3 N–H and O–H groups in total. The van der Waals surface area contributed by atoms with Crippen LogP contribution in [0.2, 0.25) is 0 Å². The SMILES string of the molecule is Nc1nc(-c2ccc(O)cc2C(F)(F)F)co1. The average molecular weight is 244 g/mol. The van der Waals surface area contributed by atoms with Crippen molar-refractivity contribution in [2.24, 2.45) is 0 Å². The molecule has 4 nitrogen and oxygen atoms in total. The Morgan fingerprint density at radius 2 is 2.00 bits per heavy atom. The van der Waals surface area contributed by atoms with Gasteiger partial charge in [-0.15, -0.1) is 0 Å². The highest BCUT2D eigenvalue weighted by atomic mass is 19.4. The minimum absolute atomic E-state index is 0.0326. The summed E-state index contributed by atoms with van der Waals surface area (Å²) in [6.45, 7) is 0. The van der Waals surface area contributed by atoms with Crippen LogP contribution in [0.4, 0.5) is 19.2 Å². The van der Waals surface area contributed by atoms with E-state index in [9.17, 15) is 13.2 Å². The van der Waals surface area contributed by atoms with Gasteiger partial charge in [-0.2, -0.15) is 18.2 Å². The van der Waals surface area contributed by atoms with Crippen molar-refractivity contribution in [3.63, 3.8) is 0 Å². The van der Waals surface area contributed by atoms with Crippen LogP contribution in [-0.2, 0) is 6.18 Å². The molecule has 0 aliphatic rings. The lowest BCUT2D eigenvalue weighted by atomic mass is 10.0. The van der Waals surface area contributed by atoms with Gasteiger partial charge in [-0.1, -0.05) is 0 Å². The average Bonchev–Trinajstić information content (AvgIpc) is 2.63. The molecule has 2 aromatic rings. The Morgan fingerprint density at radius 3 is 2.53 bits per heavy atom. The van der Waals surface area contributed by atoms with Crippen molar-refractivity contribution in [2.75, 3.05) is 5.73 Å². The Labute approximate surface area is 93.5 Å². The number of nitrogens with two attached hydrogens (primary N) is 1. The molecule has 0 unspecified atom stereocenters. The van der Waals surface area contributed by atoms with Crippen LogP contribution in [0.25, 0.3) is 11.3 Å². The molecule has 1 aromatic carbocycles. The van der Waals surface area contributed by atoms with Crippen molar-refractivity contribution in [1.29, 1.82) is 0 Å². The molecule has 0 aliphatic heterocycles. The van der Waals surface area contributed by atoms with Crippen LogP contribution < -0.4 is 5.73 Å². The summed E-state index contributed by atoms with van der Waals surface area (Å²) in [7, 11) is 0. The first kappa shape index (κ1) is 11.3. The molecular weight excluding hydrogens is 237 g/mol. The standard InChI is InChI=1S/C10H7F3N2O2/c11-10(12,13)7-3-5(16)1-2-6(7)8-4-17-9(14)15-8/h1-4,16H,(H2,14,15). The van der Waals surface area contributed by atoms with Crippen molar-refractivity contribution < 1.29 is 22.7 Å². The molecular formula is C10H7F3N2O2. The molecule has 7 heteroatoms. The maximum atomic E-state index is 12.7. The number of rotatable bonds is 1. The van der Waals surface area contributed by atoms with E-state index in [1.54, 1.807) is 0 Å². The second-order valence-corrected chi connectivity index (χ2v) is 3.30. The zero-order valence-electron chi connectivity index (χ0n) is 8.32. The van der Waals surface area contributed by atoms with Gasteiger partial charge in [0.1, 0.15) is 17.7 Å². The molecule has 0 aliphatic carbocycles. The van der Waals surface area contributed by atoms with Crippen molar-refractivity contribution in [3.8, 4) is 17.0 Å². The number of phenolic OH excluding ortho intramolecular Hbond substituents is 1. The highest BCUT2D eigenvalue weighted by Crippen LogP contribution is 2.38. The number of hydrogen-bond donors (Lipinski definition) is 2. The van der Waals surface area contributed by atoms with E-state index in [1.807, 2.05) is 0 Å². The fourth-order valence-electron chi connectivity index (χ4n) is 1.40. The first-order valence-corrected chi connectivity index (χ1v) is 4.49. The summed E-state index contributed by atoms with van der Waals surface area (Å²) < 4.78 is 42.8. The highest BCUT2D eigenvalue weighted by molar-refractivity contribution is 5.65. The van der Waals surface area contributed by atoms with Crippen molar-refractivity contribution in [2.45, 2.75) is 6.18 Å². The first-order valence-electron chi connectivity index (χ1n) is 4.49. The van der Waals surface area contributed by atoms with Gasteiger partial charge in [-0.3, -0.25) is 0 Å². The van der Waals surface area contributed by atoms with Crippen LogP contribution >= 0.6 is 0 Å². The van der Waals surface area contributed by atoms with Gasteiger partial charge >= 0.3 is 6.18 Å². The Bertz CT molecular complexity index is 549. The summed E-state index contributed by atoms with van der Waals surface area (Å²) in [6.07, 6.45) is -3.57. The van der Waals surface area contributed by atoms with Crippen LogP contribution in [-0.4, -0.2) is 10.1 Å². The Balaban J connectivity index is 2.61. The van der Waals surface area contributed by atoms with Gasteiger partial charge in [0, 0.05) is 5.56 Å². The zero-order chi connectivity index (χ0) is 12.6. The molecule has 0 saturated carbocycles. The Morgan fingerprint density at radius 1 is 1.29 bits per heavy atom. The zero-order valence-corrected chi connectivity index (χ0v) is 8.32. The van der Waals surface area contributed by atoms with Crippen LogP contribution in [0.1, 0.15) is 5.56 Å². The normalized spacial score (nSPS) is 11.7. The predicted molar refractivity (Wildman–Crippen MR) is 53.0 cm³/mol. The van der Waals surface area contributed by atoms with E-state index in [2.05, 4.69) is 9.40 Å². The minimum atomic E-state index is -4.60. The number of aromatic nitrogens is 1. The number of anilines is 1. The first-order chi connectivity index (χ1) is 7.88. The fraction of sp³-hybridized carbons (Fsp3) is 0.100. The number of hydrogen-bond acceptors (Lipinski definition) is 4. The van der Waals surface area contributed by atoms with Crippen LogP contribution in [0, 0.1) is 0 Å². The molecule has 17 heavy (non-hydrogen) atoms. The van der Waals surface area contributed by atoms with E-state index in [4.69, 9.17) is 10.8 Å². The number of phenols is 1. The summed E-state index contributed by atoms with van der Waals surface area (Å²) in [4.78, 5) is 3.61. The van der Waals surface area contributed by atoms with Gasteiger partial charge in [-0.25, -0.2) is 0 Å². The second-order valence-electron chi connectivity index (χ2n) is 3.30. The van der Waals surface area contributed by atoms with Gasteiger partial charge < -0.3 is 15.3 Å². The summed E-state index contributed by atoms with van der Waals surface area (Å²) in [6, 6.07) is 2.65. The lowest BCUT2D eigenvalue weighted by Crippen LogP contribution is -2.07.